The average molecular weight is 397 g/mol. The fourth-order valence-electron chi connectivity index (χ4n) is 2.26. The summed E-state index contributed by atoms with van der Waals surface area (Å²) in [6, 6.07) is 0.620. The Morgan fingerprint density at radius 2 is 2.00 bits per heavy atom. The predicted molar refractivity (Wildman–Crippen MR) is 97.1 cm³/mol. The highest BCUT2D eigenvalue weighted by Crippen LogP contribution is 2.17. The van der Waals surface area contributed by atoms with Crippen LogP contribution in [0.15, 0.2) is 4.99 Å². The highest BCUT2D eigenvalue weighted by molar-refractivity contribution is 14.0. The fraction of sp³-hybridized carbons (Fsp3) is 0.933. The molecule has 1 fully saturated rings. The first-order valence-corrected chi connectivity index (χ1v) is 7.85. The quantitative estimate of drug-likeness (QED) is 0.286. The standard InChI is InChI=1S/C15H31N3O.HI/c1-4-16-15(18-14-8-5-6-9-14)17-10-7-11-19-12-13(2)3;/h13-14H,4-12H2,1-3H3,(H2,16,17,18);1H. The largest absolute Gasteiger partial charge is 0.381 e. The highest BCUT2D eigenvalue weighted by Gasteiger charge is 2.15. The molecule has 0 aliphatic heterocycles. The maximum absolute atomic E-state index is 5.56. The second kappa shape index (κ2) is 12.7. The van der Waals surface area contributed by atoms with Gasteiger partial charge in [-0.3, -0.25) is 4.99 Å². The Labute approximate surface area is 141 Å². The van der Waals surface area contributed by atoms with Crippen LogP contribution in [0.2, 0.25) is 0 Å². The van der Waals surface area contributed by atoms with Gasteiger partial charge in [0.15, 0.2) is 5.96 Å². The molecule has 1 saturated carbocycles. The minimum atomic E-state index is 0. The highest BCUT2D eigenvalue weighted by atomic mass is 127. The van der Waals surface area contributed by atoms with E-state index in [0.717, 1.165) is 38.7 Å². The molecule has 5 heteroatoms. The molecule has 0 heterocycles. The Kier molecular flexibility index (Phi) is 12.7. The van der Waals surface area contributed by atoms with E-state index in [0.29, 0.717) is 12.0 Å². The van der Waals surface area contributed by atoms with Crippen molar-refractivity contribution in [2.24, 2.45) is 10.9 Å². The minimum absolute atomic E-state index is 0. The van der Waals surface area contributed by atoms with Crippen LogP contribution in [0.5, 0.6) is 0 Å². The topological polar surface area (TPSA) is 45.7 Å². The Balaban J connectivity index is 0.00000361. The second-order valence-electron chi connectivity index (χ2n) is 5.71. The predicted octanol–water partition coefficient (Wildman–Crippen LogP) is 3.16. The third-order valence-corrected chi connectivity index (χ3v) is 3.21. The van der Waals surface area contributed by atoms with Gasteiger partial charge in [0, 0.05) is 32.3 Å². The van der Waals surface area contributed by atoms with Crippen LogP contribution < -0.4 is 10.6 Å². The van der Waals surface area contributed by atoms with Gasteiger partial charge in [0.05, 0.1) is 0 Å². The number of nitrogens with one attached hydrogen (secondary N) is 2. The van der Waals surface area contributed by atoms with Crippen LogP contribution in [-0.2, 0) is 4.74 Å². The molecule has 2 N–H and O–H groups in total. The molecule has 0 saturated heterocycles. The van der Waals surface area contributed by atoms with Gasteiger partial charge in [-0.05, 0) is 32.1 Å². The average Bonchev–Trinajstić information content (AvgIpc) is 2.86. The number of rotatable bonds is 8. The zero-order valence-electron chi connectivity index (χ0n) is 13.3. The third kappa shape index (κ3) is 9.80. The van der Waals surface area contributed by atoms with Crippen molar-refractivity contribution in [1.82, 2.24) is 10.6 Å². The molecular weight excluding hydrogens is 365 g/mol. The maximum atomic E-state index is 5.56. The lowest BCUT2D eigenvalue weighted by atomic mass is 10.2. The van der Waals surface area contributed by atoms with Crippen molar-refractivity contribution in [3.63, 3.8) is 0 Å². The van der Waals surface area contributed by atoms with Gasteiger partial charge in [-0.1, -0.05) is 26.7 Å². The van der Waals surface area contributed by atoms with Crippen molar-refractivity contribution in [3.8, 4) is 0 Å². The van der Waals surface area contributed by atoms with Crippen molar-refractivity contribution in [1.29, 1.82) is 0 Å². The Morgan fingerprint density at radius 3 is 2.60 bits per heavy atom. The van der Waals surface area contributed by atoms with Crippen molar-refractivity contribution in [2.75, 3.05) is 26.3 Å². The molecular formula is C15H32IN3O. The van der Waals surface area contributed by atoms with Gasteiger partial charge in [0.1, 0.15) is 0 Å². The first-order chi connectivity index (χ1) is 9.22. The fourth-order valence-corrected chi connectivity index (χ4v) is 2.26. The lowest BCUT2D eigenvalue weighted by Gasteiger charge is -2.16. The first-order valence-electron chi connectivity index (χ1n) is 7.85. The van der Waals surface area contributed by atoms with Crippen molar-refractivity contribution in [3.05, 3.63) is 0 Å². The van der Waals surface area contributed by atoms with Crippen molar-refractivity contribution >= 4 is 29.9 Å². The van der Waals surface area contributed by atoms with Crippen LogP contribution in [0.25, 0.3) is 0 Å². The van der Waals surface area contributed by atoms with E-state index in [2.05, 4.69) is 36.4 Å². The molecule has 0 radical (unpaired) electrons. The van der Waals surface area contributed by atoms with Crippen LogP contribution in [-0.4, -0.2) is 38.3 Å². The van der Waals surface area contributed by atoms with Crippen LogP contribution >= 0.6 is 24.0 Å². The monoisotopic (exact) mass is 397 g/mol. The Hall–Kier alpha value is -0.0400. The molecule has 0 aromatic rings. The summed E-state index contributed by atoms with van der Waals surface area (Å²) >= 11 is 0. The summed E-state index contributed by atoms with van der Waals surface area (Å²) in [5.41, 5.74) is 0. The molecule has 0 bridgehead atoms. The van der Waals surface area contributed by atoms with Gasteiger partial charge in [-0.2, -0.15) is 0 Å². The smallest absolute Gasteiger partial charge is 0.191 e. The van der Waals surface area contributed by atoms with Gasteiger partial charge in [-0.25, -0.2) is 0 Å². The molecule has 1 aliphatic carbocycles. The van der Waals surface area contributed by atoms with E-state index in [9.17, 15) is 0 Å². The summed E-state index contributed by atoms with van der Waals surface area (Å²) in [7, 11) is 0. The number of aliphatic imine (C=N–C) groups is 1. The summed E-state index contributed by atoms with van der Waals surface area (Å²) in [6.45, 7) is 9.87. The zero-order valence-corrected chi connectivity index (χ0v) is 15.6. The Bertz CT molecular complexity index is 254. The first kappa shape index (κ1) is 20.0. The molecule has 0 spiro atoms. The van der Waals surface area contributed by atoms with Gasteiger partial charge in [-0.15, -0.1) is 24.0 Å². The number of hydrogen-bond donors (Lipinski definition) is 2. The molecule has 120 valence electrons. The summed E-state index contributed by atoms with van der Waals surface area (Å²) in [4.78, 5) is 4.61. The van der Waals surface area contributed by atoms with E-state index < -0.39 is 0 Å². The molecule has 1 aliphatic rings. The lowest BCUT2D eigenvalue weighted by molar-refractivity contribution is 0.109. The summed E-state index contributed by atoms with van der Waals surface area (Å²) in [5.74, 6) is 1.59. The van der Waals surface area contributed by atoms with E-state index in [1.54, 1.807) is 0 Å². The van der Waals surface area contributed by atoms with Crippen LogP contribution in [0.1, 0.15) is 52.9 Å². The van der Waals surface area contributed by atoms with Gasteiger partial charge < -0.3 is 15.4 Å². The SMILES string of the molecule is CCNC(=NCCCOCC(C)C)NC1CCCC1.I. The van der Waals surface area contributed by atoms with Gasteiger partial charge in [0.2, 0.25) is 0 Å². The second-order valence-corrected chi connectivity index (χ2v) is 5.71. The Morgan fingerprint density at radius 1 is 1.30 bits per heavy atom. The molecule has 20 heavy (non-hydrogen) atoms. The lowest BCUT2D eigenvalue weighted by Crippen LogP contribution is -2.42. The molecule has 0 unspecified atom stereocenters. The van der Waals surface area contributed by atoms with Crippen molar-refractivity contribution in [2.45, 2.75) is 58.9 Å². The third-order valence-electron chi connectivity index (χ3n) is 3.21. The van der Waals surface area contributed by atoms with Crippen molar-refractivity contribution < 1.29 is 4.74 Å². The maximum Gasteiger partial charge on any atom is 0.191 e. The summed E-state index contributed by atoms with van der Waals surface area (Å²) in [5, 5.41) is 6.84. The summed E-state index contributed by atoms with van der Waals surface area (Å²) < 4.78 is 5.56. The van der Waals surface area contributed by atoms with Crippen LogP contribution in [0.3, 0.4) is 0 Å². The zero-order chi connectivity index (χ0) is 13.9. The van der Waals surface area contributed by atoms with Gasteiger partial charge in [0.25, 0.3) is 0 Å². The van der Waals surface area contributed by atoms with E-state index in [1.165, 1.54) is 25.7 Å². The number of guanidine groups is 1. The van der Waals surface area contributed by atoms with Crippen LogP contribution in [0.4, 0.5) is 0 Å². The van der Waals surface area contributed by atoms with E-state index in [1.807, 2.05) is 0 Å². The number of hydrogen-bond acceptors (Lipinski definition) is 2. The van der Waals surface area contributed by atoms with E-state index in [4.69, 9.17) is 4.74 Å². The number of nitrogens with zero attached hydrogens (tertiary/aromatic N) is 1. The number of halogens is 1. The molecule has 4 nitrogen and oxygen atoms in total. The van der Waals surface area contributed by atoms with E-state index in [-0.39, 0.29) is 24.0 Å². The molecule has 0 amide bonds. The molecule has 0 atom stereocenters. The molecule has 0 aromatic carbocycles. The minimum Gasteiger partial charge on any atom is -0.381 e. The number of ether oxygens (including phenoxy) is 1. The molecule has 1 rings (SSSR count). The summed E-state index contributed by atoms with van der Waals surface area (Å²) in [6.07, 6.45) is 6.25. The van der Waals surface area contributed by atoms with Crippen LogP contribution in [0, 0.1) is 5.92 Å². The van der Waals surface area contributed by atoms with E-state index >= 15 is 0 Å². The molecule has 0 aromatic heterocycles. The normalized spacial score (nSPS) is 16.3. The van der Waals surface area contributed by atoms with Gasteiger partial charge >= 0.3 is 0 Å².